The van der Waals surface area contributed by atoms with Gasteiger partial charge in [0.15, 0.2) is 0 Å². The van der Waals surface area contributed by atoms with Crippen molar-refractivity contribution < 1.29 is 4.79 Å². The Bertz CT molecular complexity index is 724. The largest absolute Gasteiger partial charge is 0.338 e. The third-order valence-electron chi connectivity index (χ3n) is 3.92. The number of aryl methyl sites for hydroxylation is 2. The molecule has 0 aliphatic heterocycles. The molecular formula is C15H21BrClN5O. The monoisotopic (exact) mass is 401 g/mol. The maximum Gasteiger partial charge on any atom is 0.247 e. The maximum absolute atomic E-state index is 12.7. The Balaban J connectivity index is 2.19. The number of rotatable bonds is 5. The number of hydrogen-bond donors (Lipinski definition) is 0. The molecule has 2 aromatic heterocycles. The summed E-state index contributed by atoms with van der Waals surface area (Å²) in [6, 6.07) is -0.414. The predicted molar refractivity (Wildman–Crippen MR) is 93.5 cm³/mol. The molecule has 0 saturated carbocycles. The van der Waals surface area contributed by atoms with E-state index < -0.39 is 6.04 Å². The quantitative estimate of drug-likeness (QED) is 0.770. The van der Waals surface area contributed by atoms with Gasteiger partial charge in [-0.15, -0.1) is 0 Å². The molecule has 6 nitrogen and oxygen atoms in total. The highest BCUT2D eigenvalue weighted by molar-refractivity contribution is 9.10. The van der Waals surface area contributed by atoms with Gasteiger partial charge in [-0.25, -0.2) is 0 Å². The topological polar surface area (TPSA) is 56.0 Å². The number of nitrogens with zero attached hydrogens (tertiary/aromatic N) is 5. The third-order valence-corrected chi connectivity index (χ3v) is 5.13. The van der Waals surface area contributed by atoms with Crippen LogP contribution in [0.4, 0.5) is 0 Å². The molecule has 0 fully saturated rings. The molecule has 8 heteroatoms. The Morgan fingerprint density at radius 1 is 1.48 bits per heavy atom. The first-order valence-electron chi connectivity index (χ1n) is 7.44. The molecule has 2 heterocycles. The van der Waals surface area contributed by atoms with Gasteiger partial charge in [0.25, 0.3) is 0 Å². The zero-order chi connectivity index (χ0) is 17.3. The SMILES string of the molecule is CCn1ncc(Br)c1CN(C)C(=O)C(C)n1nc(C)c(Cl)c1C. The second-order valence-corrected chi connectivity index (χ2v) is 6.79. The second-order valence-electron chi connectivity index (χ2n) is 5.55. The minimum absolute atomic E-state index is 0.0250. The first-order valence-corrected chi connectivity index (χ1v) is 8.61. The minimum Gasteiger partial charge on any atom is -0.338 e. The van der Waals surface area contributed by atoms with E-state index in [4.69, 9.17) is 11.6 Å². The molecule has 0 bridgehead atoms. The molecule has 2 aromatic rings. The number of amides is 1. The van der Waals surface area contributed by atoms with Crippen LogP contribution in [-0.4, -0.2) is 37.4 Å². The number of carbonyl (C=O) groups is 1. The summed E-state index contributed by atoms with van der Waals surface area (Å²) in [5.41, 5.74) is 2.51. The molecule has 23 heavy (non-hydrogen) atoms. The van der Waals surface area contributed by atoms with E-state index in [1.807, 2.05) is 32.4 Å². The van der Waals surface area contributed by atoms with E-state index in [0.717, 1.165) is 28.1 Å². The highest BCUT2D eigenvalue weighted by Crippen LogP contribution is 2.24. The fourth-order valence-corrected chi connectivity index (χ4v) is 3.11. The maximum atomic E-state index is 12.7. The standard InChI is InChI=1S/C15H21BrClN5O/c1-6-21-13(12(16)7-18-21)8-20(5)15(23)11(4)22-10(3)14(17)9(2)19-22/h7,11H,6,8H2,1-5H3. The van der Waals surface area contributed by atoms with Crippen LogP contribution in [0.15, 0.2) is 10.7 Å². The number of hydrogen-bond acceptors (Lipinski definition) is 3. The molecule has 0 aromatic carbocycles. The van der Waals surface area contributed by atoms with E-state index in [9.17, 15) is 4.79 Å². The van der Waals surface area contributed by atoms with E-state index in [2.05, 4.69) is 26.1 Å². The van der Waals surface area contributed by atoms with Crippen molar-refractivity contribution in [2.24, 2.45) is 0 Å². The third kappa shape index (κ3) is 3.45. The normalized spacial score (nSPS) is 12.5. The summed E-state index contributed by atoms with van der Waals surface area (Å²) < 4.78 is 4.46. The van der Waals surface area contributed by atoms with Crippen molar-refractivity contribution in [3.8, 4) is 0 Å². The summed E-state index contributed by atoms with van der Waals surface area (Å²) in [6.07, 6.45) is 1.75. The molecule has 1 amide bonds. The van der Waals surface area contributed by atoms with Crippen molar-refractivity contribution in [1.29, 1.82) is 0 Å². The molecule has 0 aliphatic rings. The van der Waals surface area contributed by atoms with E-state index in [1.165, 1.54) is 0 Å². The van der Waals surface area contributed by atoms with Gasteiger partial charge in [0.2, 0.25) is 5.91 Å². The minimum atomic E-state index is -0.414. The summed E-state index contributed by atoms with van der Waals surface area (Å²) in [6.45, 7) is 8.79. The lowest BCUT2D eigenvalue weighted by Gasteiger charge is -2.23. The Kier molecular flexibility index (Phi) is 5.52. The van der Waals surface area contributed by atoms with Crippen LogP contribution in [0.2, 0.25) is 5.02 Å². The molecule has 2 rings (SSSR count). The van der Waals surface area contributed by atoms with Crippen LogP contribution < -0.4 is 0 Å². The number of carbonyl (C=O) groups excluding carboxylic acids is 1. The van der Waals surface area contributed by atoms with Crippen molar-refractivity contribution in [3.63, 3.8) is 0 Å². The average molecular weight is 403 g/mol. The molecule has 0 radical (unpaired) electrons. The van der Waals surface area contributed by atoms with Crippen molar-refractivity contribution in [3.05, 3.63) is 32.8 Å². The highest BCUT2D eigenvalue weighted by atomic mass is 79.9. The van der Waals surface area contributed by atoms with Crippen LogP contribution in [0.25, 0.3) is 0 Å². The lowest BCUT2D eigenvalue weighted by Crippen LogP contribution is -2.34. The molecule has 0 spiro atoms. The van der Waals surface area contributed by atoms with Crippen LogP contribution in [0.1, 0.15) is 37.0 Å². The average Bonchev–Trinajstić information content (AvgIpc) is 3.00. The molecule has 1 atom stereocenters. The van der Waals surface area contributed by atoms with Crippen LogP contribution in [0, 0.1) is 13.8 Å². The Labute approximate surface area is 149 Å². The Morgan fingerprint density at radius 3 is 2.65 bits per heavy atom. The van der Waals surface area contributed by atoms with Gasteiger partial charge in [0, 0.05) is 13.6 Å². The van der Waals surface area contributed by atoms with Crippen molar-refractivity contribution in [2.45, 2.75) is 46.8 Å². The van der Waals surface area contributed by atoms with Crippen molar-refractivity contribution in [2.75, 3.05) is 7.05 Å². The van der Waals surface area contributed by atoms with Gasteiger partial charge < -0.3 is 4.90 Å². The van der Waals surface area contributed by atoms with Crippen LogP contribution in [-0.2, 0) is 17.9 Å². The van der Waals surface area contributed by atoms with Gasteiger partial charge in [-0.3, -0.25) is 14.2 Å². The first-order chi connectivity index (χ1) is 10.8. The predicted octanol–water partition coefficient (Wildman–Crippen LogP) is 3.35. The van der Waals surface area contributed by atoms with Gasteiger partial charge in [-0.1, -0.05) is 11.6 Å². The summed E-state index contributed by atoms with van der Waals surface area (Å²) in [5.74, 6) is -0.0250. The second kappa shape index (κ2) is 7.05. The van der Waals surface area contributed by atoms with Crippen LogP contribution in [0.5, 0.6) is 0 Å². The lowest BCUT2D eigenvalue weighted by atomic mass is 10.2. The van der Waals surface area contributed by atoms with Gasteiger partial charge in [-0.2, -0.15) is 10.2 Å². The molecule has 0 aliphatic carbocycles. The number of likely N-dealkylation sites (N-methyl/N-ethyl adjacent to an activating group) is 1. The first kappa shape index (κ1) is 18.0. The van der Waals surface area contributed by atoms with Crippen molar-refractivity contribution in [1.82, 2.24) is 24.5 Å². The van der Waals surface area contributed by atoms with E-state index >= 15 is 0 Å². The van der Waals surface area contributed by atoms with E-state index in [0.29, 0.717) is 11.6 Å². The van der Waals surface area contributed by atoms with Crippen LogP contribution in [0.3, 0.4) is 0 Å². The Morgan fingerprint density at radius 2 is 2.13 bits per heavy atom. The van der Waals surface area contributed by atoms with E-state index in [1.54, 1.807) is 22.8 Å². The molecule has 1 unspecified atom stereocenters. The van der Waals surface area contributed by atoms with Gasteiger partial charge in [0.1, 0.15) is 6.04 Å². The van der Waals surface area contributed by atoms with E-state index in [-0.39, 0.29) is 5.91 Å². The number of halogens is 2. The highest BCUT2D eigenvalue weighted by Gasteiger charge is 2.24. The lowest BCUT2D eigenvalue weighted by molar-refractivity contribution is -0.133. The summed E-state index contributed by atoms with van der Waals surface area (Å²) in [5, 5.41) is 9.26. The summed E-state index contributed by atoms with van der Waals surface area (Å²) in [7, 11) is 1.78. The summed E-state index contributed by atoms with van der Waals surface area (Å²) >= 11 is 9.66. The van der Waals surface area contributed by atoms with Crippen molar-refractivity contribution >= 4 is 33.4 Å². The molecule has 0 saturated heterocycles. The molecule has 0 N–H and O–H groups in total. The zero-order valence-electron chi connectivity index (χ0n) is 14.0. The van der Waals surface area contributed by atoms with Crippen LogP contribution >= 0.6 is 27.5 Å². The summed E-state index contributed by atoms with van der Waals surface area (Å²) in [4.78, 5) is 14.4. The smallest absolute Gasteiger partial charge is 0.247 e. The van der Waals surface area contributed by atoms with Gasteiger partial charge in [0.05, 0.1) is 39.3 Å². The fourth-order valence-electron chi connectivity index (χ4n) is 2.56. The zero-order valence-corrected chi connectivity index (χ0v) is 16.3. The Hall–Kier alpha value is -1.34. The molecular weight excluding hydrogens is 382 g/mol. The van der Waals surface area contributed by atoms with Gasteiger partial charge in [-0.05, 0) is 43.6 Å². The number of aromatic nitrogens is 4. The molecule has 126 valence electrons. The fraction of sp³-hybridized carbons (Fsp3) is 0.533. The van der Waals surface area contributed by atoms with Gasteiger partial charge >= 0.3 is 0 Å².